The van der Waals surface area contributed by atoms with Crippen LogP contribution in [0.1, 0.15) is 40.6 Å². The summed E-state index contributed by atoms with van der Waals surface area (Å²) in [7, 11) is 3.74. The molecule has 1 atom stereocenters. The van der Waals surface area contributed by atoms with Crippen LogP contribution >= 0.6 is 0 Å². The minimum atomic E-state index is -0.0660. The molecule has 0 saturated carbocycles. The first-order valence-corrected chi connectivity index (χ1v) is 10.8. The van der Waals surface area contributed by atoms with E-state index >= 15 is 0 Å². The van der Waals surface area contributed by atoms with Crippen molar-refractivity contribution in [2.24, 2.45) is 0 Å². The second kappa shape index (κ2) is 7.66. The first kappa shape index (κ1) is 20.0. The van der Waals surface area contributed by atoms with Crippen LogP contribution in [0, 0.1) is 0 Å². The number of likely N-dealkylation sites (tertiary alicyclic amines) is 1. The van der Waals surface area contributed by atoms with Crippen LogP contribution in [0.4, 0.5) is 0 Å². The van der Waals surface area contributed by atoms with Gasteiger partial charge in [0.05, 0.1) is 19.8 Å². The number of piperidine rings is 1. The van der Waals surface area contributed by atoms with Crippen LogP contribution in [-0.4, -0.2) is 71.2 Å². The number of pyridine rings is 1. The summed E-state index contributed by atoms with van der Waals surface area (Å²) in [6.07, 6.45) is 3.41. The number of fused-ring (bicyclic) bond motifs is 4. The number of carbonyl (C=O) groups is 1. The molecular weight excluding hydrogens is 392 g/mol. The van der Waals surface area contributed by atoms with Gasteiger partial charge in [0.15, 0.2) is 0 Å². The summed E-state index contributed by atoms with van der Waals surface area (Å²) in [5.41, 5.74) is 3.85. The zero-order valence-corrected chi connectivity index (χ0v) is 18.0. The first-order valence-electron chi connectivity index (χ1n) is 10.8. The Bertz CT molecular complexity index is 1100. The lowest BCUT2D eigenvalue weighted by Gasteiger charge is -2.49. The molecule has 0 radical (unpaired) electrons. The summed E-state index contributed by atoms with van der Waals surface area (Å²) in [4.78, 5) is 24.9. The number of carbonyl (C=O) groups excluding carboxylic acids is 1. The van der Waals surface area contributed by atoms with E-state index in [1.165, 1.54) is 10.9 Å². The summed E-state index contributed by atoms with van der Waals surface area (Å²) in [5.74, 6) is 0.807. The quantitative estimate of drug-likeness (QED) is 0.681. The van der Waals surface area contributed by atoms with Crippen molar-refractivity contribution in [2.45, 2.75) is 24.3 Å². The molecule has 1 saturated heterocycles. The number of likely N-dealkylation sites (N-methyl/N-ethyl adjacent to an activating group) is 1. The number of aromatic amines is 1. The molecule has 2 N–H and O–H groups in total. The third-order valence-corrected chi connectivity index (χ3v) is 7.05. The van der Waals surface area contributed by atoms with E-state index in [9.17, 15) is 9.90 Å². The zero-order valence-electron chi connectivity index (χ0n) is 18.0. The van der Waals surface area contributed by atoms with Crippen molar-refractivity contribution in [3.63, 3.8) is 0 Å². The molecule has 2 aliphatic rings. The fraction of sp³-hybridized carbons (Fsp3) is 0.417. The van der Waals surface area contributed by atoms with E-state index in [1.807, 2.05) is 29.2 Å². The molecule has 2 aromatic heterocycles. The molecule has 7 heteroatoms. The van der Waals surface area contributed by atoms with Gasteiger partial charge in [0.25, 0.3) is 5.91 Å². The molecule has 1 aromatic carbocycles. The molecule has 4 heterocycles. The number of nitrogens with zero attached hydrogens (tertiary/aromatic N) is 3. The van der Waals surface area contributed by atoms with Crippen molar-refractivity contribution in [3.8, 4) is 5.75 Å². The summed E-state index contributed by atoms with van der Waals surface area (Å²) in [6.45, 7) is 2.30. The fourth-order valence-corrected chi connectivity index (χ4v) is 5.46. The minimum Gasteiger partial charge on any atom is -0.497 e. The number of nitrogens with one attached hydrogen (secondary N) is 1. The minimum absolute atomic E-state index is 0.00302. The number of ether oxygens (including phenoxy) is 1. The molecule has 5 rings (SSSR count). The maximum absolute atomic E-state index is 12.9. The predicted molar refractivity (Wildman–Crippen MR) is 118 cm³/mol. The van der Waals surface area contributed by atoms with Gasteiger partial charge in [-0.3, -0.25) is 14.7 Å². The molecule has 1 amide bonds. The molecule has 162 valence electrons. The molecule has 0 unspecified atom stereocenters. The van der Waals surface area contributed by atoms with Gasteiger partial charge in [-0.1, -0.05) is 6.07 Å². The van der Waals surface area contributed by atoms with Crippen molar-refractivity contribution in [1.82, 2.24) is 19.8 Å². The van der Waals surface area contributed by atoms with E-state index in [2.05, 4.69) is 28.0 Å². The molecule has 1 fully saturated rings. The van der Waals surface area contributed by atoms with Gasteiger partial charge in [0.2, 0.25) is 0 Å². The van der Waals surface area contributed by atoms with Crippen LogP contribution in [0.3, 0.4) is 0 Å². The van der Waals surface area contributed by atoms with E-state index in [4.69, 9.17) is 4.74 Å². The SMILES string of the molecule is COc1ccc2c3c([nH]c2c1)[C@H](CO)N(C)CC31CCN(C(=O)c2ccccn2)CC1. The molecule has 0 bridgehead atoms. The Labute approximate surface area is 181 Å². The standard InChI is InChI=1S/C24H28N4O3/c1-27-15-24(8-11-28(12-9-24)23(30)18-5-3-4-10-25-18)21-17-7-6-16(31-2)13-19(17)26-22(21)20(27)14-29/h3-7,10,13,20,26,29H,8-9,11-12,14-15H2,1-2H3/t20-/m0/s1. The maximum atomic E-state index is 12.9. The van der Waals surface area contributed by atoms with E-state index in [0.29, 0.717) is 18.8 Å². The number of aliphatic hydroxyl groups excluding tert-OH is 1. The molecule has 7 nitrogen and oxygen atoms in total. The van der Waals surface area contributed by atoms with Crippen molar-refractivity contribution in [3.05, 3.63) is 59.5 Å². The molecule has 31 heavy (non-hydrogen) atoms. The van der Waals surface area contributed by atoms with Gasteiger partial charge >= 0.3 is 0 Å². The lowest BCUT2D eigenvalue weighted by atomic mass is 9.68. The molecule has 2 aliphatic heterocycles. The highest BCUT2D eigenvalue weighted by molar-refractivity contribution is 5.92. The van der Waals surface area contributed by atoms with Crippen molar-refractivity contribution in [2.75, 3.05) is 40.4 Å². The van der Waals surface area contributed by atoms with Gasteiger partial charge in [-0.25, -0.2) is 0 Å². The summed E-state index contributed by atoms with van der Waals surface area (Å²) in [6, 6.07) is 11.5. The Morgan fingerprint density at radius 1 is 1.29 bits per heavy atom. The summed E-state index contributed by atoms with van der Waals surface area (Å²) < 4.78 is 5.42. The van der Waals surface area contributed by atoms with Gasteiger partial charge in [-0.05, 0) is 49.7 Å². The Morgan fingerprint density at radius 3 is 2.77 bits per heavy atom. The van der Waals surface area contributed by atoms with Gasteiger partial charge in [-0.15, -0.1) is 0 Å². The average molecular weight is 421 g/mol. The van der Waals surface area contributed by atoms with Crippen LogP contribution in [0.15, 0.2) is 42.6 Å². The Balaban J connectivity index is 1.51. The lowest BCUT2D eigenvalue weighted by Crippen LogP contribution is -2.53. The number of aliphatic hydroxyl groups is 1. The number of hydrogen-bond donors (Lipinski definition) is 2. The number of H-pyrrole nitrogens is 1. The number of rotatable bonds is 3. The summed E-state index contributed by atoms with van der Waals surface area (Å²) in [5, 5.41) is 11.3. The van der Waals surface area contributed by atoms with Crippen LogP contribution < -0.4 is 4.74 Å². The third-order valence-electron chi connectivity index (χ3n) is 7.05. The van der Waals surface area contributed by atoms with Crippen LogP contribution in [0.25, 0.3) is 10.9 Å². The monoisotopic (exact) mass is 420 g/mol. The average Bonchev–Trinajstić information content (AvgIpc) is 3.19. The van der Waals surface area contributed by atoms with Gasteiger partial charge in [-0.2, -0.15) is 0 Å². The molecule has 0 aliphatic carbocycles. The number of methoxy groups -OCH3 is 1. The Hall–Kier alpha value is -2.90. The van der Waals surface area contributed by atoms with E-state index in [1.54, 1.807) is 19.4 Å². The van der Waals surface area contributed by atoms with Gasteiger partial charge < -0.3 is 19.7 Å². The van der Waals surface area contributed by atoms with E-state index < -0.39 is 0 Å². The largest absolute Gasteiger partial charge is 0.497 e. The highest BCUT2D eigenvalue weighted by atomic mass is 16.5. The maximum Gasteiger partial charge on any atom is 0.272 e. The lowest BCUT2D eigenvalue weighted by molar-refractivity contribution is 0.0510. The molecule has 1 spiro atoms. The molecule has 3 aromatic rings. The Kier molecular flexibility index (Phi) is 4.95. The third kappa shape index (κ3) is 3.20. The normalized spacial score (nSPS) is 20.7. The van der Waals surface area contributed by atoms with Gasteiger partial charge in [0.1, 0.15) is 11.4 Å². The number of hydrogen-bond acceptors (Lipinski definition) is 5. The Morgan fingerprint density at radius 2 is 2.10 bits per heavy atom. The van der Waals surface area contributed by atoms with Crippen LogP contribution in [0.5, 0.6) is 5.75 Å². The van der Waals surface area contributed by atoms with E-state index in [-0.39, 0.29) is 24.0 Å². The molecular formula is C24H28N4O3. The number of aromatic nitrogens is 2. The van der Waals surface area contributed by atoms with Crippen molar-refractivity contribution >= 4 is 16.8 Å². The number of amides is 1. The highest BCUT2D eigenvalue weighted by Gasteiger charge is 2.46. The van der Waals surface area contributed by atoms with Crippen LogP contribution in [0.2, 0.25) is 0 Å². The second-order valence-electron chi connectivity index (χ2n) is 8.73. The van der Waals surface area contributed by atoms with Crippen molar-refractivity contribution < 1.29 is 14.6 Å². The zero-order chi connectivity index (χ0) is 21.6. The predicted octanol–water partition coefficient (Wildman–Crippen LogP) is 2.72. The first-order chi connectivity index (χ1) is 15.1. The van der Waals surface area contributed by atoms with Gasteiger partial charge in [0, 0.05) is 53.9 Å². The smallest absolute Gasteiger partial charge is 0.272 e. The summed E-state index contributed by atoms with van der Waals surface area (Å²) >= 11 is 0. The highest BCUT2D eigenvalue weighted by Crippen LogP contribution is 2.48. The number of benzene rings is 1. The second-order valence-corrected chi connectivity index (χ2v) is 8.73. The fourth-order valence-electron chi connectivity index (χ4n) is 5.46. The van der Waals surface area contributed by atoms with E-state index in [0.717, 1.165) is 36.3 Å². The topological polar surface area (TPSA) is 81.7 Å². The van der Waals surface area contributed by atoms with Crippen LogP contribution in [-0.2, 0) is 5.41 Å². The van der Waals surface area contributed by atoms with Crippen molar-refractivity contribution in [1.29, 1.82) is 0 Å².